The van der Waals surface area contributed by atoms with E-state index in [1.807, 2.05) is 13.2 Å². The van der Waals surface area contributed by atoms with Gasteiger partial charge in [-0.3, -0.25) is 0 Å². The van der Waals surface area contributed by atoms with Gasteiger partial charge in [0.15, 0.2) is 0 Å². The van der Waals surface area contributed by atoms with Crippen LogP contribution in [0.2, 0.25) is 0 Å². The molecule has 2 nitrogen and oxygen atoms in total. The molecule has 2 rings (SSSR count). The molecule has 19 heavy (non-hydrogen) atoms. The monoisotopic (exact) mass is 272 g/mol. The van der Waals surface area contributed by atoms with Gasteiger partial charge in [0.05, 0.1) is 5.03 Å². The van der Waals surface area contributed by atoms with E-state index < -0.39 is 0 Å². The number of benzene rings is 1. The van der Waals surface area contributed by atoms with E-state index in [9.17, 15) is 0 Å². The molecule has 0 aliphatic carbocycles. The second-order valence-corrected chi connectivity index (χ2v) is 5.71. The zero-order chi connectivity index (χ0) is 13.7. The van der Waals surface area contributed by atoms with Crippen molar-refractivity contribution < 1.29 is 0 Å². The van der Waals surface area contributed by atoms with Crippen molar-refractivity contribution >= 4 is 11.8 Å². The van der Waals surface area contributed by atoms with Crippen molar-refractivity contribution in [2.45, 2.75) is 30.7 Å². The first-order valence-corrected chi connectivity index (χ1v) is 7.49. The summed E-state index contributed by atoms with van der Waals surface area (Å²) in [5.74, 6) is 0.964. The third-order valence-corrected chi connectivity index (χ3v) is 4.16. The van der Waals surface area contributed by atoms with Crippen LogP contribution in [-0.4, -0.2) is 12.0 Å². The first kappa shape index (κ1) is 14.1. The molecule has 0 amide bonds. The van der Waals surface area contributed by atoms with Crippen molar-refractivity contribution in [2.24, 2.45) is 0 Å². The molecule has 1 aromatic carbocycles. The number of hydrogen-bond donors (Lipinski definition) is 1. The van der Waals surface area contributed by atoms with Crippen LogP contribution in [0.4, 0.5) is 0 Å². The van der Waals surface area contributed by atoms with Crippen LogP contribution in [0.3, 0.4) is 0 Å². The Morgan fingerprint density at radius 1 is 1.26 bits per heavy atom. The molecule has 0 saturated carbocycles. The fourth-order valence-corrected chi connectivity index (χ4v) is 2.75. The Labute approximate surface area is 119 Å². The Hall–Kier alpha value is -1.32. The van der Waals surface area contributed by atoms with Gasteiger partial charge in [-0.05, 0) is 44.2 Å². The van der Waals surface area contributed by atoms with Crippen molar-refractivity contribution in [2.75, 3.05) is 7.05 Å². The summed E-state index contributed by atoms with van der Waals surface area (Å²) in [5, 5.41) is 4.34. The lowest BCUT2D eigenvalue weighted by Crippen LogP contribution is -2.12. The summed E-state index contributed by atoms with van der Waals surface area (Å²) in [7, 11) is 1.98. The van der Waals surface area contributed by atoms with E-state index in [1.54, 1.807) is 11.8 Å². The predicted molar refractivity (Wildman–Crippen MR) is 82.5 cm³/mol. The highest BCUT2D eigenvalue weighted by atomic mass is 32.2. The number of hydrogen-bond acceptors (Lipinski definition) is 3. The number of aryl methyl sites for hydroxylation is 1. The van der Waals surface area contributed by atoms with Gasteiger partial charge >= 0.3 is 0 Å². The molecule has 2 aromatic rings. The average Bonchev–Trinajstić information content (AvgIpc) is 2.45. The van der Waals surface area contributed by atoms with E-state index in [1.165, 1.54) is 16.7 Å². The molecule has 0 aliphatic heterocycles. The van der Waals surface area contributed by atoms with Crippen molar-refractivity contribution in [3.05, 3.63) is 59.3 Å². The van der Waals surface area contributed by atoms with Gasteiger partial charge in [-0.2, -0.15) is 0 Å². The molecule has 1 atom stereocenters. The van der Waals surface area contributed by atoms with E-state index in [4.69, 9.17) is 0 Å². The third-order valence-electron chi connectivity index (χ3n) is 3.16. The number of pyridine rings is 1. The fourth-order valence-electron chi connectivity index (χ4n) is 1.90. The Morgan fingerprint density at radius 3 is 2.84 bits per heavy atom. The van der Waals surface area contributed by atoms with Gasteiger partial charge in [-0.1, -0.05) is 29.8 Å². The number of nitrogens with one attached hydrogen (secondary N) is 1. The van der Waals surface area contributed by atoms with Crippen LogP contribution in [0.1, 0.15) is 29.7 Å². The lowest BCUT2D eigenvalue weighted by Gasteiger charge is -2.11. The molecule has 0 radical (unpaired) electrons. The van der Waals surface area contributed by atoms with Gasteiger partial charge < -0.3 is 5.32 Å². The number of thioether (sulfide) groups is 1. The summed E-state index contributed by atoms with van der Waals surface area (Å²) >= 11 is 1.79. The molecule has 0 aliphatic rings. The first-order chi connectivity index (χ1) is 9.19. The van der Waals surface area contributed by atoms with Crippen molar-refractivity contribution in [3.8, 4) is 0 Å². The Kier molecular flexibility index (Phi) is 5.00. The zero-order valence-electron chi connectivity index (χ0n) is 11.7. The first-order valence-electron chi connectivity index (χ1n) is 6.50. The lowest BCUT2D eigenvalue weighted by atomic mass is 10.1. The molecule has 0 bridgehead atoms. The minimum Gasteiger partial charge on any atom is -0.313 e. The molecule has 1 unspecified atom stereocenters. The summed E-state index contributed by atoms with van der Waals surface area (Å²) in [6, 6.07) is 13.2. The van der Waals surface area contributed by atoms with Crippen molar-refractivity contribution in [3.63, 3.8) is 0 Å². The van der Waals surface area contributed by atoms with Crippen LogP contribution in [0.15, 0.2) is 47.6 Å². The molecule has 1 N–H and O–H groups in total. The van der Waals surface area contributed by atoms with E-state index in [0.29, 0.717) is 6.04 Å². The molecule has 0 saturated heterocycles. The molecule has 0 fully saturated rings. The van der Waals surface area contributed by atoms with Crippen LogP contribution < -0.4 is 5.32 Å². The molecule has 1 heterocycles. The summed E-state index contributed by atoms with van der Waals surface area (Å²) in [5.41, 5.74) is 3.94. The minimum absolute atomic E-state index is 0.362. The molecule has 0 spiro atoms. The highest BCUT2D eigenvalue weighted by molar-refractivity contribution is 7.98. The normalized spacial score (nSPS) is 12.4. The summed E-state index contributed by atoms with van der Waals surface area (Å²) in [4.78, 5) is 4.43. The third kappa shape index (κ3) is 4.08. The summed E-state index contributed by atoms with van der Waals surface area (Å²) in [6.07, 6.45) is 1.89. The summed E-state index contributed by atoms with van der Waals surface area (Å²) in [6.45, 7) is 4.28. The van der Waals surface area contributed by atoms with Gasteiger partial charge in [-0.25, -0.2) is 4.98 Å². The molecule has 3 heteroatoms. The maximum Gasteiger partial charge on any atom is 0.0966 e. The highest BCUT2D eigenvalue weighted by Crippen LogP contribution is 2.23. The van der Waals surface area contributed by atoms with Gasteiger partial charge in [-0.15, -0.1) is 11.8 Å². The topological polar surface area (TPSA) is 24.9 Å². The van der Waals surface area contributed by atoms with Gasteiger partial charge in [0.2, 0.25) is 0 Å². The maximum atomic E-state index is 4.43. The van der Waals surface area contributed by atoms with E-state index in [-0.39, 0.29) is 0 Å². The highest BCUT2D eigenvalue weighted by Gasteiger charge is 2.04. The summed E-state index contributed by atoms with van der Waals surface area (Å²) < 4.78 is 0. The molecular weight excluding hydrogens is 252 g/mol. The largest absolute Gasteiger partial charge is 0.313 e. The Balaban J connectivity index is 2.03. The van der Waals surface area contributed by atoms with Gasteiger partial charge in [0, 0.05) is 18.0 Å². The zero-order valence-corrected chi connectivity index (χ0v) is 12.5. The van der Waals surface area contributed by atoms with Crippen molar-refractivity contribution in [1.29, 1.82) is 0 Å². The van der Waals surface area contributed by atoms with Gasteiger partial charge in [0.25, 0.3) is 0 Å². The number of nitrogens with zero attached hydrogens (tertiary/aromatic N) is 1. The molecule has 1 aromatic heterocycles. The second-order valence-electron chi connectivity index (χ2n) is 4.72. The smallest absolute Gasteiger partial charge is 0.0966 e. The van der Waals surface area contributed by atoms with Crippen LogP contribution in [-0.2, 0) is 5.75 Å². The number of rotatable bonds is 5. The SMILES string of the molecule is CNC(C)c1ccnc(SCc2cccc(C)c2)c1. The van der Waals surface area contributed by atoms with Crippen LogP contribution in [0.5, 0.6) is 0 Å². The second kappa shape index (κ2) is 6.73. The Morgan fingerprint density at radius 2 is 2.11 bits per heavy atom. The average molecular weight is 272 g/mol. The maximum absolute atomic E-state index is 4.43. The fraction of sp³-hybridized carbons (Fsp3) is 0.312. The van der Waals surface area contributed by atoms with Crippen LogP contribution in [0.25, 0.3) is 0 Å². The van der Waals surface area contributed by atoms with Crippen LogP contribution >= 0.6 is 11.8 Å². The number of aromatic nitrogens is 1. The van der Waals surface area contributed by atoms with E-state index in [0.717, 1.165) is 10.8 Å². The van der Waals surface area contributed by atoms with Crippen molar-refractivity contribution in [1.82, 2.24) is 10.3 Å². The quantitative estimate of drug-likeness (QED) is 0.834. The minimum atomic E-state index is 0.362. The van der Waals surface area contributed by atoms with E-state index >= 15 is 0 Å². The molecule has 100 valence electrons. The van der Waals surface area contributed by atoms with Gasteiger partial charge in [0.1, 0.15) is 0 Å². The lowest BCUT2D eigenvalue weighted by molar-refractivity contribution is 0.649. The van der Waals surface area contributed by atoms with Crippen LogP contribution in [0, 0.1) is 6.92 Å². The Bertz CT molecular complexity index is 540. The predicted octanol–water partition coefficient (Wildman–Crippen LogP) is 3.96. The molecular formula is C16H20N2S. The standard InChI is InChI=1S/C16H20N2S/c1-12-5-4-6-14(9-12)11-19-16-10-15(7-8-18-16)13(2)17-3/h4-10,13,17H,11H2,1-3H3. The van der Waals surface area contributed by atoms with E-state index in [2.05, 4.69) is 60.5 Å².